The van der Waals surface area contributed by atoms with Crippen molar-refractivity contribution in [2.24, 2.45) is 0 Å². The lowest BCUT2D eigenvalue weighted by Gasteiger charge is -2.09. The minimum absolute atomic E-state index is 0.148. The summed E-state index contributed by atoms with van der Waals surface area (Å²) in [6.45, 7) is 2.01. The molecule has 1 aromatic carbocycles. The first-order chi connectivity index (χ1) is 8.70. The Kier molecular flexibility index (Phi) is 3.57. The first-order valence-corrected chi connectivity index (χ1v) is 5.70. The van der Waals surface area contributed by atoms with Crippen molar-refractivity contribution in [1.82, 2.24) is 4.98 Å². The fraction of sp³-hybridized carbons (Fsp3) is 0.143. The molecule has 0 unspecified atom stereocenters. The Morgan fingerprint density at radius 1 is 1.17 bits per heavy atom. The molecule has 92 valence electrons. The van der Waals surface area contributed by atoms with Crippen molar-refractivity contribution in [3.8, 4) is 0 Å². The highest BCUT2D eigenvalue weighted by Crippen LogP contribution is 2.15. The SMILES string of the molecule is CNc1cnccc1C(=O)Nc1ccc(C)cc1. The van der Waals surface area contributed by atoms with Crippen molar-refractivity contribution in [2.45, 2.75) is 6.92 Å². The number of nitrogens with zero attached hydrogens (tertiary/aromatic N) is 1. The van der Waals surface area contributed by atoms with Crippen LogP contribution in [0.5, 0.6) is 0 Å². The second-order valence-electron chi connectivity index (χ2n) is 3.99. The molecule has 0 aliphatic rings. The molecule has 4 heteroatoms. The summed E-state index contributed by atoms with van der Waals surface area (Å²) in [6, 6.07) is 9.37. The minimum atomic E-state index is -0.148. The number of aryl methyl sites for hydroxylation is 1. The van der Waals surface area contributed by atoms with Crippen LogP contribution in [0.1, 0.15) is 15.9 Å². The number of hydrogen-bond donors (Lipinski definition) is 2. The van der Waals surface area contributed by atoms with Gasteiger partial charge in [0.25, 0.3) is 5.91 Å². The molecule has 0 aliphatic heterocycles. The summed E-state index contributed by atoms with van der Waals surface area (Å²) < 4.78 is 0. The molecule has 1 heterocycles. The molecule has 2 aromatic rings. The predicted molar refractivity (Wildman–Crippen MR) is 72.9 cm³/mol. The highest BCUT2D eigenvalue weighted by Gasteiger charge is 2.10. The number of nitrogens with one attached hydrogen (secondary N) is 2. The third-order valence-electron chi connectivity index (χ3n) is 2.64. The summed E-state index contributed by atoms with van der Waals surface area (Å²) in [4.78, 5) is 16.1. The average Bonchev–Trinajstić information content (AvgIpc) is 2.41. The molecule has 4 nitrogen and oxygen atoms in total. The first kappa shape index (κ1) is 12.1. The van der Waals surface area contributed by atoms with Crippen molar-refractivity contribution in [1.29, 1.82) is 0 Å². The highest BCUT2D eigenvalue weighted by atomic mass is 16.1. The highest BCUT2D eigenvalue weighted by molar-refractivity contribution is 6.07. The van der Waals surface area contributed by atoms with Gasteiger partial charge in [-0.15, -0.1) is 0 Å². The van der Waals surface area contributed by atoms with E-state index in [-0.39, 0.29) is 5.91 Å². The van der Waals surface area contributed by atoms with Crippen molar-refractivity contribution in [2.75, 3.05) is 17.7 Å². The maximum atomic E-state index is 12.1. The van der Waals surface area contributed by atoms with Crippen LogP contribution in [0.3, 0.4) is 0 Å². The van der Waals surface area contributed by atoms with Crippen molar-refractivity contribution in [3.63, 3.8) is 0 Å². The van der Waals surface area contributed by atoms with E-state index in [9.17, 15) is 4.79 Å². The summed E-state index contributed by atoms with van der Waals surface area (Å²) in [5, 5.41) is 5.80. The Morgan fingerprint density at radius 3 is 2.56 bits per heavy atom. The zero-order valence-corrected chi connectivity index (χ0v) is 10.4. The Balaban J connectivity index is 2.19. The Labute approximate surface area is 106 Å². The lowest BCUT2D eigenvalue weighted by molar-refractivity contribution is 0.102. The van der Waals surface area contributed by atoms with Crippen LogP contribution in [0.2, 0.25) is 0 Å². The fourth-order valence-corrected chi connectivity index (χ4v) is 1.63. The molecule has 0 spiro atoms. The molecular formula is C14H15N3O. The van der Waals surface area contributed by atoms with E-state index in [1.807, 2.05) is 31.2 Å². The molecule has 18 heavy (non-hydrogen) atoms. The number of rotatable bonds is 3. The maximum Gasteiger partial charge on any atom is 0.257 e. The zero-order chi connectivity index (χ0) is 13.0. The van der Waals surface area contributed by atoms with E-state index in [1.165, 1.54) is 0 Å². The van der Waals surface area contributed by atoms with Gasteiger partial charge in [0.05, 0.1) is 17.4 Å². The molecule has 0 bridgehead atoms. The van der Waals surface area contributed by atoms with E-state index in [4.69, 9.17) is 0 Å². The smallest absolute Gasteiger partial charge is 0.257 e. The van der Waals surface area contributed by atoms with Crippen molar-refractivity contribution < 1.29 is 4.79 Å². The predicted octanol–water partition coefficient (Wildman–Crippen LogP) is 2.68. The van der Waals surface area contributed by atoms with Crippen LogP contribution in [-0.4, -0.2) is 17.9 Å². The Bertz CT molecular complexity index is 549. The van der Waals surface area contributed by atoms with Gasteiger partial charge in [-0.05, 0) is 25.1 Å². The van der Waals surface area contributed by atoms with Gasteiger partial charge in [-0.3, -0.25) is 9.78 Å². The lowest BCUT2D eigenvalue weighted by Crippen LogP contribution is -2.14. The lowest BCUT2D eigenvalue weighted by atomic mass is 10.2. The van der Waals surface area contributed by atoms with Gasteiger partial charge in [-0.1, -0.05) is 17.7 Å². The molecule has 2 rings (SSSR count). The van der Waals surface area contributed by atoms with E-state index < -0.39 is 0 Å². The molecule has 0 aliphatic carbocycles. The van der Waals surface area contributed by atoms with Gasteiger partial charge in [-0.2, -0.15) is 0 Å². The van der Waals surface area contributed by atoms with E-state index in [1.54, 1.807) is 25.5 Å². The number of anilines is 2. The van der Waals surface area contributed by atoms with Crippen LogP contribution in [0, 0.1) is 6.92 Å². The van der Waals surface area contributed by atoms with Gasteiger partial charge in [-0.25, -0.2) is 0 Å². The fourth-order valence-electron chi connectivity index (χ4n) is 1.63. The van der Waals surface area contributed by atoms with Crippen molar-refractivity contribution >= 4 is 17.3 Å². The number of carbonyl (C=O) groups is 1. The third-order valence-corrected chi connectivity index (χ3v) is 2.64. The molecular weight excluding hydrogens is 226 g/mol. The number of benzene rings is 1. The monoisotopic (exact) mass is 241 g/mol. The van der Waals surface area contributed by atoms with Crippen LogP contribution in [-0.2, 0) is 0 Å². The summed E-state index contributed by atoms with van der Waals surface area (Å²) in [6.07, 6.45) is 3.23. The van der Waals surface area contributed by atoms with Gasteiger partial charge < -0.3 is 10.6 Å². The van der Waals surface area contributed by atoms with Crippen molar-refractivity contribution in [3.05, 3.63) is 53.9 Å². The largest absolute Gasteiger partial charge is 0.386 e. The van der Waals surface area contributed by atoms with Gasteiger partial charge in [0, 0.05) is 18.9 Å². The molecule has 0 fully saturated rings. The van der Waals surface area contributed by atoms with E-state index >= 15 is 0 Å². The first-order valence-electron chi connectivity index (χ1n) is 5.70. The summed E-state index contributed by atoms with van der Waals surface area (Å²) in [7, 11) is 1.76. The number of pyridine rings is 1. The van der Waals surface area contributed by atoms with Gasteiger partial charge in [0.15, 0.2) is 0 Å². The zero-order valence-electron chi connectivity index (χ0n) is 10.4. The quantitative estimate of drug-likeness (QED) is 0.868. The van der Waals surface area contributed by atoms with Gasteiger partial charge in [0.2, 0.25) is 0 Å². The molecule has 2 N–H and O–H groups in total. The topological polar surface area (TPSA) is 54.0 Å². The standard InChI is InChI=1S/C14H15N3O/c1-10-3-5-11(6-4-10)17-14(18)12-7-8-16-9-13(12)15-2/h3-9,15H,1-2H3,(H,17,18). The number of amides is 1. The average molecular weight is 241 g/mol. The number of hydrogen-bond acceptors (Lipinski definition) is 3. The summed E-state index contributed by atoms with van der Waals surface area (Å²) >= 11 is 0. The Hall–Kier alpha value is -2.36. The summed E-state index contributed by atoms with van der Waals surface area (Å²) in [5.74, 6) is -0.148. The molecule has 0 saturated heterocycles. The summed E-state index contributed by atoms with van der Waals surface area (Å²) in [5.41, 5.74) is 3.23. The number of carbonyl (C=O) groups excluding carboxylic acids is 1. The molecule has 0 radical (unpaired) electrons. The second-order valence-corrected chi connectivity index (χ2v) is 3.99. The van der Waals surface area contributed by atoms with E-state index in [2.05, 4.69) is 15.6 Å². The maximum absolute atomic E-state index is 12.1. The normalized spacial score (nSPS) is 9.89. The third kappa shape index (κ3) is 2.66. The minimum Gasteiger partial charge on any atom is -0.386 e. The van der Waals surface area contributed by atoms with E-state index in [0.717, 1.165) is 11.3 Å². The molecule has 1 aromatic heterocycles. The van der Waals surface area contributed by atoms with Crippen LogP contribution in [0.15, 0.2) is 42.7 Å². The van der Waals surface area contributed by atoms with Gasteiger partial charge >= 0.3 is 0 Å². The second kappa shape index (κ2) is 5.31. The number of aromatic nitrogens is 1. The van der Waals surface area contributed by atoms with Crippen LogP contribution >= 0.6 is 0 Å². The Morgan fingerprint density at radius 2 is 1.89 bits per heavy atom. The molecule has 0 atom stereocenters. The van der Waals surface area contributed by atoms with Crippen LogP contribution in [0.4, 0.5) is 11.4 Å². The van der Waals surface area contributed by atoms with Crippen LogP contribution in [0.25, 0.3) is 0 Å². The van der Waals surface area contributed by atoms with Gasteiger partial charge in [0.1, 0.15) is 0 Å². The van der Waals surface area contributed by atoms with E-state index in [0.29, 0.717) is 11.3 Å². The molecule has 1 amide bonds. The molecule has 0 saturated carbocycles. The van der Waals surface area contributed by atoms with Crippen LogP contribution < -0.4 is 10.6 Å².